The Bertz CT molecular complexity index is 948. The lowest BCUT2D eigenvalue weighted by Crippen LogP contribution is -2.25. The van der Waals surface area contributed by atoms with Gasteiger partial charge in [-0.25, -0.2) is 0 Å². The van der Waals surface area contributed by atoms with Crippen molar-refractivity contribution in [1.29, 1.82) is 0 Å². The van der Waals surface area contributed by atoms with E-state index in [9.17, 15) is 4.79 Å². The molecule has 0 spiro atoms. The second-order valence-corrected chi connectivity index (χ2v) is 8.22. The van der Waals surface area contributed by atoms with E-state index in [-0.39, 0.29) is 5.91 Å². The number of amides is 1. The van der Waals surface area contributed by atoms with Crippen LogP contribution < -0.4 is 10.1 Å². The zero-order chi connectivity index (χ0) is 20.5. The molecule has 29 heavy (non-hydrogen) atoms. The maximum atomic E-state index is 12.3. The fourth-order valence-electron chi connectivity index (χ4n) is 2.62. The summed E-state index contributed by atoms with van der Waals surface area (Å²) in [7, 11) is 0. The second kappa shape index (κ2) is 11.1. The van der Waals surface area contributed by atoms with Crippen LogP contribution in [0.1, 0.15) is 21.5 Å². The van der Waals surface area contributed by atoms with Gasteiger partial charge in [0.2, 0.25) is 0 Å². The molecule has 3 aromatic carbocycles. The zero-order valence-corrected chi connectivity index (χ0v) is 18.1. The van der Waals surface area contributed by atoms with Crippen LogP contribution in [0.2, 0.25) is 10.0 Å². The minimum Gasteiger partial charge on any atom is -0.489 e. The van der Waals surface area contributed by atoms with Gasteiger partial charge in [0.15, 0.2) is 0 Å². The molecule has 3 nitrogen and oxygen atoms in total. The van der Waals surface area contributed by atoms with E-state index in [1.165, 1.54) is 0 Å². The van der Waals surface area contributed by atoms with Crippen LogP contribution in [-0.2, 0) is 12.4 Å². The molecule has 1 N–H and O–H groups in total. The Morgan fingerprint density at radius 1 is 0.862 bits per heavy atom. The van der Waals surface area contributed by atoms with Crippen LogP contribution in [0.4, 0.5) is 0 Å². The Hall–Kier alpha value is -2.14. The number of nitrogens with one attached hydrogen (secondary N) is 1. The Morgan fingerprint density at radius 2 is 1.48 bits per heavy atom. The molecule has 150 valence electrons. The maximum Gasteiger partial charge on any atom is 0.251 e. The van der Waals surface area contributed by atoms with Crippen molar-refractivity contribution in [3.8, 4) is 5.75 Å². The van der Waals surface area contributed by atoms with Gasteiger partial charge in [0, 0.05) is 39.2 Å². The molecule has 0 saturated heterocycles. The number of halogens is 2. The standard InChI is InChI=1S/C23H21Cl2NO2S/c24-21-7-3-1-5-18(21)15-28-20-11-9-17(10-12-20)23(27)26-13-14-29-16-19-6-2-4-8-22(19)25/h1-12H,13-16H2,(H,26,27). The minimum absolute atomic E-state index is 0.0963. The molecule has 6 heteroatoms. The van der Waals surface area contributed by atoms with Crippen LogP contribution in [0.3, 0.4) is 0 Å². The fourth-order valence-corrected chi connectivity index (χ4v) is 3.95. The molecule has 0 aromatic heterocycles. The highest BCUT2D eigenvalue weighted by atomic mass is 35.5. The Labute approximate surface area is 185 Å². The van der Waals surface area contributed by atoms with Crippen molar-refractivity contribution in [2.75, 3.05) is 12.3 Å². The van der Waals surface area contributed by atoms with Crippen LogP contribution in [0, 0.1) is 0 Å². The summed E-state index contributed by atoms with van der Waals surface area (Å²) in [5.41, 5.74) is 2.63. The zero-order valence-electron chi connectivity index (χ0n) is 15.7. The second-order valence-electron chi connectivity index (χ2n) is 6.30. The SMILES string of the molecule is O=C(NCCSCc1ccccc1Cl)c1ccc(OCc2ccccc2Cl)cc1. The van der Waals surface area contributed by atoms with Crippen molar-refractivity contribution in [3.05, 3.63) is 99.5 Å². The van der Waals surface area contributed by atoms with E-state index in [4.69, 9.17) is 27.9 Å². The molecular formula is C23H21Cl2NO2S. The highest BCUT2D eigenvalue weighted by molar-refractivity contribution is 7.98. The predicted molar refractivity (Wildman–Crippen MR) is 122 cm³/mol. The first-order valence-electron chi connectivity index (χ1n) is 9.19. The molecule has 0 aliphatic heterocycles. The van der Waals surface area contributed by atoms with E-state index in [2.05, 4.69) is 5.32 Å². The first-order valence-corrected chi connectivity index (χ1v) is 11.1. The van der Waals surface area contributed by atoms with Crippen LogP contribution >= 0.6 is 35.0 Å². The molecule has 1 amide bonds. The molecule has 0 atom stereocenters. The summed E-state index contributed by atoms with van der Waals surface area (Å²) in [5, 5.41) is 4.39. The number of hydrogen-bond donors (Lipinski definition) is 1. The number of benzene rings is 3. The molecule has 0 radical (unpaired) electrons. The van der Waals surface area contributed by atoms with Crippen LogP contribution in [0.25, 0.3) is 0 Å². The summed E-state index contributed by atoms with van der Waals surface area (Å²) >= 11 is 14.0. The quantitative estimate of drug-likeness (QED) is 0.396. The lowest BCUT2D eigenvalue weighted by molar-refractivity contribution is 0.0956. The summed E-state index contributed by atoms with van der Waals surface area (Å²) < 4.78 is 5.74. The van der Waals surface area contributed by atoms with Crippen molar-refractivity contribution in [2.45, 2.75) is 12.4 Å². The van der Waals surface area contributed by atoms with Gasteiger partial charge in [-0.3, -0.25) is 4.79 Å². The third kappa shape index (κ3) is 6.70. The smallest absolute Gasteiger partial charge is 0.251 e. The average Bonchev–Trinajstić information content (AvgIpc) is 2.74. The van der Waals surface area contributed by atoms with Crippen molar-refractivity contribution in [2.24, 2.45) is 0 Å². The van der Waals surface area contributed by atoms with E-state index in [1.54, 1.807) is 36.0 Å². The van der Waals surface area contributed by atoms with Gasteiger partial charge in [-0.15, -0.1) is 0 Å². The van der Waals surface area contributed by atoms with E-state index in [0.717, 1.165) is 27.7 Å². The number of ether oxygens (including phenoxy) is 1. The molecule has 0 aliphatic rings. The molecule has 0 unspecified atom stereocenters. The number of carbonyl (C=O) groups excluding carboxylic acids is 1. The van der Waals surface area contributed by atoms with E-state index < -0.39 is 0 Å². The van der Waals surface area contributed by atoms with Gasteiger partial charge in [0.25, 0.3) is 5.91 Å². The normalized spacial score (nSPS) is 10.6. The molecule has 0 bridgehead atoms. The highest BCUT2D eigenvalue weighted by Gasteiger charge is 2.06. The van der Waals surface area contributed by atoms with Crippen molar-refractivity contribution >= 4 is 40.9 Å². The maximum absolute atomic E-state index is 12.3. The summed E-state index contributed by atoms with van der Waals surface area (Å²) in [4.78, 5) is 12.3. The van der Waals surface area contributed by atoms with Crippen LogP contribution in [0.15, 0.2) is 72.8 Å². The van der Waals surface area contributed by atoms with Gasteiger partial charge in [-0.05, 0) is 42.0 Å². The van der Waals surface area contributed by atoms with E-state index in [1.807, 2.05) is 48.5 Å². The first-order chi connectivity index (χ1) is 14.1. The van der Waals surface area contributed by atoms with E-state index in [0.29, 0.717) is 29.5 Å². The molecule has 0 fully saturated rings. The van der Waals surface area contributed by atoms with Crippen LogP contribution in [0.5, 0.6) is 5.75 Å². The minimum atomic E-state index is -0.0963. The Morgan fingerprint density at radius 3 is 2.14 bits per heavy atom. The lowest BCUT2D eigenvalue weighted by atomic mass is 10.2. The largest absolute Gasteiger partial charge is 0.489 e. The molecule has 3 aromatic rings. The molecule has 0 heterocycles. The first kappa shape index (κ1) is 21.6. The van der Waals surface area contributed by atoms with Gasteiger partial charge in [-0.1, -0.05) is 59.6 Å². The molecule has 3 rings (SSSR count). The van der Waals surface area contributed by atoms with Crippen molar-refractivity contribution in [3.63, 3.8) is 0 Å². The Kier molecular flexibility index (Phi) is 8.29. The third-order valence-corrected chi connectivity index (χ3v) is 5.96. The summed E-state index contributed by atoms with van der Waals surface area (Å²) in [6.07, 6.45) is 0. The van der Waals surface area contributed by atoms with E-state index >= 15 is 0 Å². The van der Waals surface area contributed by atoms with Gasteiger partial charge in [-0.2, -0.15) is 11.8 Å². The number of hydrogen-bond acceptors (Lipinski definition) is 3. The van der Waals surface area contributed by atoms with Crippen molar-refractivity contribution < 1.29 is 9.53 Å². The highest BCUT2D eigenvalue weighted by Crippen LogP contribution is 2.21. The van der Waals surface area contributed by atoms with Gasteiger partial charge in [0.05, 0.1) is 0 Å². The molecular weight excluding hydrogens is 425 g/mol. The van der Waals surface area contributed by atoms with Gasteiger partial charge in [0.1, 0.15) is 12.4 Å². The molecule has 0 saturated carbocycles. The summed E-state index contributed by atoms with van der Waals surface area (Å²) in [6, 6.07) is 22.5. The van der Waals surface area contributed by atoms with Crippen molar-refractivity contribution in [1.82, 2.24) is 5.32 Å². The predicted octanol–water partition coefficient (Wildman–Crippen LogP) is 6.24. The van der Waals surface area contributed by atoms with Crippen LogP contribution in [-0.4, -0.2) is 18.2 Å². The topological polar surface area (TPSA) is 38.3 Å². The number of carbonyl (C=O) groups is 1. The summed E-state index contributed by atoms with van der Waals surface area (Å²) in [5.74, 6) is 2.24. The lowest BCUT2D eigenvalue weighted by Gasteiger charge is -2.09. The Balaban J connectivity index is 1.39. The monoisotopic (exact) mass is 445 g/mol. The molecule has 0 aliphatic carbocycles. The fraction of sp³-hybridized carbons (Fsp3) is 0.174. The number of thioether (sulfide) groups is 1. The summed E-state index contributed by atoms with van der Waals surface area (Å²) in [6.45, 7) is 0.979. The third-order valence-electron chi connectivity index (χ3n) is 4.22. The van der Waals surface area contributed by atoms with Gasteiger partial charge < -0.3 is 10.1 Å². The van der Waals surface area contributed by atoms with Gasteiger partial charge >= 0.3 is 0 Å². The average molecular weight is 446 g/mol. The number of rotatable bonds is 9.